The number of carbonyl (C=O) groups is 2. The summed E-state index contributed by atoms with van der Waals surface area (Å²) in [6.07, 6.45) is 2.38. The summed E-state index contributed by atoms with van der Waals surface area (Å²) < 4.78 is 5.71. The molecule has 2 N–H and O–H groups in total. The second kappa shape index (κ2) is 9.22. The van der Waals surface area contributed by atoms with E-state index in [9.17, 15) is 9.59 Å². The van der Waals surface area contributed by atoms with Crippen molar-refractivity contribution in [2.75, 3.05) is 32.8 Å². The maximum atomic E-state index is 13.0. The summed E-state index contributed by atoms with van der Waals surface area (Å²) in [7, 11) is 0. The Morgan fingerprint density at radius 1 is 1.22 bits per heavy atom. The normalized spacial score (nSPS) is 23.3. The van der Waals surface area contributed by atoms with Crippen molar-refractivity contribution in [3.05, 3.63) is 29.8 Å². The van der Waals surface area contributed by atoms with Crippen LogP contribution in [0.15, 0.2) is 24.3 Å². The van der Waals surface area contributed by atoms with Crippen LogP contribution in [0.25, 0.3) is 0 Å². The molecule has 1 aromatic rings. The Morgan fingerprint density at radius 2 is 1.89 bits per heavy atom. The van der Waals surface area contributed by atoms with Crippen molar-refractivity contribution in [3.63, 3.8) is 0 Å². The van der Waals surface area contributed by atoms with E-state index in [2.05, 4.69) is 10.6 Å². The Kier molecular flexibility index (Phi) is 6.72. The minimum Gasteiger partial charge on any atom is -0.494 e. The minimum absolute atomic E-state index is 0.105. The first kappa shape index (κ1) is 19.7. The van der Waals surface area contributed by atoms with Crippen molar-refractivity contribution in [2.24, 2.45) is 11.8 Å². The van der Waals surface area contributed by atoms with Gasteiger partial charge in [0.15, 0.2) is 0 Å². The summed E-state index contributed by atoms with van der Waals surface area (Å²) in [6, 6.07) is 7.26. The SMILES string of the molecule is CCOc1ccccc1C(CC(=O)N1CC[C@@H]2CNC[C@@H]2CC1)NC(C)=O. The van der Waals surface area contributed by atoms with Crippen LogP contribution in [0, 0.1) is 11.8 Å². The van der Waals surface area contributed by atoms with E-state index in [0.29, 0.717) is 18.4 Å². The van der Waals surface area contributed by atoms with E-state index in [1.54, 1.807) is 0 Å². The predicted octanol–water partition coefficient (Wildman–Crippen LogP) is 2.11. The summed E-state index contributed by atoms with van der Waals surface area (Å²) in [5.41, 5.74) is 0.860. The van der Waals surface area contributed by atoms with Crippen LogP contribution in [0.1, 0.15) is 44.7 Å². The Balaban J connectivity index is 1.70. The molecular weight excluding hydrogens is 342 g/mol. The standard InChI is InChI=1S/C21H31N3O3/c1-3-27-20-7-5-4-6-18(20)19(23-15(2)25)12-21(26)24-10-8-16-13-22-14-17(16)9-11-24/h4-7,16-17,19,22H,3,8-14H2,1-2H3,(H,23,25)/t16-,17+,19?. The molecule has 2 aliphatic heterocycles. The van der Waals surface area contributed by atoms with Gasteiger partial charge >= 0.3 is 0 Å². The van der Waals surface area contributed by atoms with Gasteiger partial charge in [0.1, 0.15) is 5.75 Å². The average molecular weight is 373 g/mol. The van der Waals surface area contributed by atoms with Gasteiger partial charge in [-0.1, -0.05) is 18.2 Å². The number of amides is 2. The molecule has 3 rings (SSSR count). The first-order valence-corrected chi connectivity index (χ1v) is 10.1. The Hall–Kier alpha value is -2.08. The van der Waals surface area contributed by atoms with Crippen molar-refractivity contribution in [1.82, 2.24) is 15.5 Å². The highest BCUT2D eigenvalue weighted by molar-refractivity contribution is 5.79. The van der Waals surface area contributed by atoms with Gasteiger partial charge in [-0.3, -0.25) is 9.59 Å². The summed E-state index contributed by atoms with van der Waals surface area (Å²) in [5, 5.41) is 6.41. The van der Waals surface area contributed by atoms with Gasteiger partial charge in [0.2, 0.25) is 11.8 Å². The number of benzene rings is 1. The van der Waals surface area contributed by atoms with Crippen LogP contribution >= 0.6 is 0 Å². The number of hydrogen-bond donors (Lipinski definition) is 2. The number of nitrogens with zero attached hydrogens (tertiary/aromatic N) is 1. The van der Waals surface area contributed by atoms with Crippen molar-refractivity contribution >= 4 is 11.8 Å². The summed E-state index contributed by atoms with van der Waals surface area (Å²) in [6.45, 7) is 7.72. The summed E-state index contributed by atoms with van der Waals surface area (Å²) >= 11 is 0. The molecule has 0 aromatic heterocycles. The van der Waals surface area contributed by atoms with Crippen LogP contribution in [0.2, 0.25) is 0 Å². The number of carbonyl (C=O) groups excluding carboxylic acids is 2. The van der Waals surface area contributed by atoms with Gasteiger partial charge in [-0.2, -0.15) is 0 Å². The van der Waals surface area contributed by atoms with E-state index in [1.165, 1.54) is 6.92 Å². The van der Waals surface area contributed by atoms with Crippen molar-refractivity contribution in [1.29, 1.82) is 0 Å². The fourth-order valence-electron chi connectivity index (χ4n) is 4.31. The van der Waals surface area contributed by atoms with Crippen molar-refractivity contribution in [3.8, 4) is 5.75 Å². The van der Waals surface area contributed by atoms with E-state index < -0.39 is 0 Å². The molecule has 2 saturated heterocycles. The molecule has 0 bridgehead atoms. The van der Waals surface area contributed by atoms with Crippen LogP contribution in [-0.2, 0) is 9.59 Å². The topological polar surface area (TPSA) is 70.7 Å². The lowest BCUT2D eigenvalue weighted by molar-refractivity contribution is -0.132. The molecule has 6 heteroatoms. The molecule has 0 saturated carbocycles. The second-order valence-corrected chi connectivity index (χ2v) is 7.56. The fraction of sp³-hybridized carbons (Fsp3) is 0.619. The molecule has 2 fully saturated rings. The van der Waals surface area contributed by atoms with E-state index in [4.69, 9.17) is 4.74 Å². The zero-order valence-corrected chi connectivity index (χ0v) is 16.4. The second-order valence-electron chi connectivity index (χ2n) is 7.56. The van der Waals surface area contributed by atoms with Crippen molar-refractivity contribution < 1.29 is 14.3 Å². The number of ether oxygens (including phenoxy) is 1. The third-order valence-corrected chi connectivity index (χ3v) is 5.72. The van der Waals surface area contributed by atoms with Gasteiger partial charge in [0.05, 0.1) is 19.1 Å². The number of likely N-dealkylation sites (tertiary alicyclic amines) is 1. The molecule has 1 unspecified atom stereocenters. The lowest BCUT2D eigenvalue weighted by atomic mass is 9.92. The average Bonchev–Trinajstić information content (AvgIpc) is 2.99. The number of hydrogen-bond acceptors (Lipinski definition) is 4. The maximum absolute atomic E-state index is 13.0. The first-order valence-electron chi connectivity index (χ1n) is 10.1. The fourth-order valence-corrected chi connectivity index (χ4v) is 4.31. The van der Waals surface area contributed by atoms with Crippen molar-refractivity contribution in [2.45, 2.75) is 39.2 Å². The number of nitrogens with one attached hydrogen (secondary N) is 2. The number of rotatable bonds is 6. The summed E-state index contributed by atoms with van der Waals surface area (Å²) in [5.74, 6) is 2.06. The number of fused-ring (bicyclic) bond motifs is 1. The highest BCUT2D eigenvalue weighted by Crippen LogP contribution is 2.30. The Morgan fingerprint density at radius 3 is 2.52 bits per heavy atom. The van der Waals surface area contributed by atoms with Gasteiger partial charge < -0.3 is 20.3 Å². The smallest absolute Gasteiger partial charge is 0.224 e. The van der Waals surface area contributed by atoms with Crippen LogP contribution in [0.3, 0.4) is 0 Å². The number of para-hydroxylation sites is 1. The molecule has 3 atom stereocenters. The Labute approximate surface area is 161 Å². The van der Waals surface area contributed by atoms with Gasteiger partial charge in [-0.05, 0) is 50.8 Å². The quantitative estimate of drug-likeness (QED) is 0.801. The van der Waals surface area contributed by atoms with Crippen LogP contribution < -0.4 is 15.4 Å². The van der Waals surface area contributed by atoms with E-state index >= 15 is 0 Å². The predicted molar refractivity (Wildman–Crippen MR) is 104 cm³/mol. The van der Waals surface area contributed by atoms with Gasteiger partial charge in [-0.25, -0.2) is 0 Å². The van der Waals surface area contributed by atoms with Crippen LogP contribution in [0.5, 0.6) is 5.75 Å². The third-order valence-electron chi connectivity index (χ3n) is 5.72. The first-order chi connectivity index (χ1) is 13.1. The molecule has 6 nitrogen and oxygen atoms in total. The van der Waals surface area contributed by atoms with E-state index in [1.807, 2.05) is 36.1 Å². The van der Waals surface area contributed by atoms with E-state index in [0.717, 1.165) is 50.3 Å². The highest BCUT2D eigenvalue weighted by atomic mass is 16.5. The molecule has 2 amide bonds. The summed E-state index contributed by atoms with van der Waals surface area (Å²) in [4.78, 5) is 26.8. The largest absolute Gasteiger partial charge is 0.494 e. The molecule has 0 spiro atoms. The highest BCUT2D eigenvalue weighted by Gasteiger charge is 2.32. The molecule has 2 heterocycles. The lowest BCUT2D eigenvalue weighted by Gasteiger charge is -2.26. The molecule has 27 heavy (non-hydrogen) atoms. The molecule has 0 radical (unpaired) electrons. The van der Waals surface area contributed by atoms with Gasteiger partial charge in [-0.15, -0.1) is 0 Å². The maximum Gasteiger partial charge on any atom is 0.224 e. The zero-order valence-electron chi connectivity index (χ0n) is 16.4. The minimum atomic E-state index is -0.373. The third kappa shape index (κ3) is 5.01. The molecule has 0 aliphatic carbocycles. The monoisotopic (exact) mass is 373 g/mol. The van der Waals surface area contributed by atoms with Crippen LogP contribution in [-0.4, -0.2) is 49.5 Å². The molecule has 148 valence electrons. The molecule has 2 aliphatic rings. The Bertz CT molecular complexity index is 650. The van der Waals surface area contributed by atoms with E-state index in [-0.39, 0.29) is 24.3 Å². The van der Waals surface area contributed by atoms with Gasteiger partial charge in [0, 0.05) is 25.6 Å². The molecular formula is C21H31N3O3. The lowest BCUT2D eigenvalue weighted by Crippen LogP contribution is -2.37. The zero-order chi connectivity index (χ0) is 19.2. The molecule has 1 aromatic carbocycles. The van der Waals surface area contributed by atoms with Crippen LogP contribution in [0.4, 0.5) is 0 Å². The van der Waals surface area contributed by atoms with Gasteiger partial charge in [0.25, 0.3) is 0 Å².